The zero-order chi connectivity index (χ0) is 17.2. The molecule has 1 aromatic carbocycles. The summed E-state index contributed by atoms with van der Waals surface area (Å²) < 4.78 is 42.3. The zero-order valence-corrected chi connectivity index (χ0v) is 14.3. The van der Waals surface area contributed by atoms with Gasteiger partial charge in [0.1, 0.15) is 4.33 Å². The Labute approximate surface area is 148 Å². The van der Waals surface area contributed by atoms with Gasteiger partial charge in [-0.15, -0.1) is 23.2 Å². The van der Waals surface area contributed by atoms with Gasteiger partial charge in [-0.1, -0.05) is 28.4 Å². The third-order valence-electron chi connectivity index (χ3n) is 3.75. The summed E-state index contributed by atoms with van der Waals surface area (Å²) in [5.41, 5.74) is -1.63. The molecule has 1 heterocycles. The number of nitrogens with zero attached hydrogens (tertiary/aromatic N) is 2. The Morgan fingerprint density at radius 3 is 2.13 bits per heavy atom. The molecule has 1 saturated carbocycles. The van der Waals surface area contributed by atoms with E-state index in [-0.39, 0.29) is 27.3 Å². The molecule has 0 radical (unpaired) electrons. The largest absolute Gasteiger partial charge is 0.416 e. The van der Waals surface area contributed by atoms with Crippen molar-refractivity contribution in [1.29, 1.82) is 0 Å². The standard InChI is InChI=1S/C13H7Cl4F3N2O/c1-11(4-12(11,16)17)10-21-9(22-23-10)8-6(14)2-5(3-7(8)15)13(18,19)20/h2-3H,4H2,1H3. The highest BCUT2D eigenvalue weighted by Crippen LogP contribution is 2.64. The number of halogens is 7. The Balaban J connectivity index is 2.02. The molecule has 0 N–H and O–H groups in total. The van der Waals surface area contributed by atoms with Gasteiger partial charge in [-0.05, 0) is 25.5 Å². The number of hydrogen-bond acceptors (Lipinski definition) is 3. The van der Waals surface area contributed by atoms with E-state index in [1.165, 1.54) is 0 Å². The number of benzene rings is 1. The average Bonchev–Trinajstić information content (AvgIpc) is 2.75. The van der Waals surface area contributed by atoms with Gasteiger partial charge in [0.2, 0.25) is 11.7 Å². The van der Waals surface area contributed by atoms with E-state index in [0.717, 1.165) is 12.1 Å². The lowest BCUT2D eigenvalue weighted by molar-refractivity contribution is -0.137. The molecule has 0 saturated heterocycles. The summed E-state index contributed by atoms with van der Waals surface area (Å²) in [7, 11) is 0. The summed E-state index contributed by atoms with van der Waals surface area (Å²) in [6, 6.07) is 1.51. The van der Waals surface area contributed by atoms with Gasteiger partial charge in [-0.2, -0.15) is 18.2 Å². The van der Waals surface area contributed by atoms with Crippen molar-refractivity contribution in [2.75, 3.05) is 0 Å². The second kappa shape index (κ2) is 5.15. The normalized spacial score (nSPS) is 23.1. The van der Waals surface area contributed by atoms with Crippen LogP contribution in [0, 0.1) is 0 Å². The summed E-state index contributed by atoms with van der Waals surface area (Å²) in [4.78, 5) is 4.13. The summed E-state index contributed by atoms with van der Waals surface area (Å²) >= 11 is 23.9. The highest BCUT2D eigenvalue weighted by atomic mass is 35.5. The molecule has 124 valence electrons. The average molecular weight is 406 g/mol. The van der Waals surface area contributed by atoms with E-state index < -0.39 is 21.5 Å². The van der Waals surface area contributed by atoms with E-state index in [9.17, 15) is 13.2 Å². The molecule has 1 fully saturated rings. The van der Waals surface area contributed by atoms with E-state index in [1.54, 1.807) is 6.92 Å². The van der Waals surface area contributed by atoms with Crippen LogP contribution in [0.1, 0.15) is 24.8 Å². The second-order valence-electron chi connectivity index (χ2n) is 5.45. The summed E-state index contributed by atoms with van der Waals surface area (Å²) in [5.74, 6) is 0.144. The first kappa shape index (κ1) is 17.1. The van der Waals surface area contributed by atoms with Crippen LogP contribution in [-0.2, 0) is 11.6 Å². The highest BCUT2D eigenvalue weighted by Gasteiger charge is 2.67. The minimum absolute atomic E-state index is 0.0269. The highest BCUT2D eigenvalue weighted by molar-refractivity contribution is 6.52. The molecule has 1 aromatic heterocycles. The molecule has 1 aliphatic rings. The maximum Gasteiger partial charge on any atom is 0.416 e. The molecule has 2 aromatic rings. The van der Waals surface area contributed by atoms with Gasteiger partial charge in [-0.3, -0.25) is 0 Å². The molecule has 1 aliphatic carbocycles. The van der Waals surface area contributed by atoms with Crippen molar-refractivity contribution in [2.45, 2.75) is 29.3 Å². The molecule has 3 rings (SSSR count). The third-order valence-corrected chi connectivity index (χ3v) is 5.45. The van der Waals surface area contributed by atoms with Crippen molar-refractivity contribution in [3.8, 4) is 11.4 Å². The SMILES string of the molecule is CC1(c2nc(-c3c(Cl)cc(C(F)(F)F)cc3Cl)no2)CC1(Cl)Cl. The molecule has 3 nitrogen and oxygen atoms in total. The monoisotopic (exact) mass is 404 g/mol. The van der Waals surface area contributed by atoms with Crippen LogP contribution in [0.4, 0.5) is 13.2 Å². The first-order valence-electron chi connectivity index (χ1n) is 6.24. The van der Waals surface area contributed by atoms with Crippen molar-refractivity contribution in [3.63, 3.8) is 0 Å². The molecule has 1 atom stereocenters. The van der Waals surface area contributed by atoms with E-state index >= 15 is 0 Å². The summed E-state index contributed by atoms with van der Waals surface area (Å²) in [6.07, 6.45) is -4.15. The minimum atomic E-state index is -4.56. The number of hydrogen-bond donors (Lipinski definition) is 0. The molecule has 10 heteroatoms. The molecule has 0 aliphatic heterocycles. The van der Waals surface area contributed by atoms with E-state index in [0.29, 0.717) is 6.42 Å². The van der Waals surface area contributed by atoms with Crippen LogP contribution in [0.3, 0.4) is 0 Å². The maximum absolute atomic E-state index is 12.7. The van der Waals surface area contributed by atoms with Gasteiger partial charge in [0, 0.05) is 0 Å². The van der Waals surface area contributed by atoms with Crippen molar-refractivity contribution in [3.05, 3.63) is 33.6 Å². The molecule has 0 spiro atoms. The van der Waals surface area contributed by atoms with Crippen molar-refractivity contribution < 1.29 is 17.7 Å². The fourth-order valence-corrected chi connectivity index (χ4v) is 3.48. The number of alkyl halides is 5. The van der Waals surface area contributed by atoms with E-state index in [4.69, 9.17) is 50.9 Å². The van der Waals surface area contributed by atoms with Crippen LogP contribution in [0.25, 0.3) is 11.4 Å². The molecule has 0 bridgehead atoms. The van der Waals surface area contributed by atoms with Crippen LogP contribution in [-0.4, -0.2) is 14.5 Å². The lowest BCUT2D eigenvalue weighted by Gasteiger charge is -2.10. The summed E-state index contributed by atoms with van der Waals surface area (Å²) in [5, 5.41) is 3.25. The van der Waals surface area contributed by atoms with Crippen LogP contribution in [0.5, 0.6) is 0 Å². The van der Waals surface area contributed by atoms with Gasteiger partial charge >= 0.3 is 6.18 Å². The van der Waals surface area contributed by atoms with E-state index in [1.807, 2.05) is 0 Å². The van der Waals surface area contributed by atoms with Crippen LogP contribution >= 0.6 is 46.4 Å². The van der Waals surface area contributed by atoms with Gasteiger partial charge in [0.25, 0.3) is 0 Å². The quantitative estimate of drug-likeness (QED) is 0.584. The molecular weight excluding hydrogens is 399 g/mol. The van der Waals surface area contributed by atoms with Crippen LogP contribution in [0.2, 0.25) is 10.0 Å². The first-order chi connectivity index (χ1) is 10.5. The Kier molecular flexibility index (Phi) is 3.84. The summed E-state index contributed by atoms with van der Waals surface area (Å²) in [6.45, 7) is 1.74. The molecular formula is C13H7Cl4F3N2O. The van der Waals surface area contributed by atoms with Gasteiger partial charge in [-0.25, -0.2) is 0 Å². The molecule has 1 unspecified atom stereocenters. The lowest BCUT2D eigenvalue weighted by atomic mass is 10.1. The Morgan fingerprint density at radius 2 is 1.70 bits per heavy atom. The fourth-order valence-electron chi connectivity index (χ4n) is 2.13. The van der Waals surface area contributed by atoms with E-state index in [2.05, 4.69) is 10.1 Å². The predicted molar refractivity (Wildman–Crippen MR) is 81.2 cm³/mol. The minimum Gasteiger partial charge on any atom is -0.338 e. The Morgan fingerprint density at radius 1 is 1.17 bits per heavy atom. The maximum atomic E-state index is 12.7. The smallest absolute Gasteiger partial charge is 0.338 e. The van der Waals surface area contributed by atoms with Crippen molar-refractivity contribution in [2.24, 2.45) is 0 Å². The zero-order valence-electron chi connectivity index (χ0n) is 11.3. The first-order valence-corrected chi connectivity index (χ1v) is 7.75. The molecule has 0 amide bonds. The third kappa shape index (κ3) is 2.80. The second-order valence-corrected chi connectivity index (χ2v) is 7.75. The van der Waals surface area contributed by atoms with Gasteiger partial charge in [0.15, 0.2) is 0 Å². The number of aromatic nitrogens is 2. The van der Waals surface area contributed by atoms with Crippen LogP contribution in [0.15, 0.2) is 16.7 Å². The topological polar surface area (TPSA) is 38.9 Å². The van der Waals surface area contributed by atoms with Crippen molar-refractivity contribution >= 4 is 46.4 Å². The van der Waals surface area contributed by atoms with Crippen LogP contribution < -0.4 is 0 Å². The lowest BCUT2D eigenvalue weighted by Crippen LogP contribution is -2.10. The molecule has 23 heavy (non-hydrogen) atoms. The fraction of sp³-hybridized carbons (Fsp3) is 0.385. The Bertz CT molecular complexity index is 767. The van der Waals surface area contributed by atoms with Crippen molar-refractivity contribution in [1.82, 2.24) is 10.1 Å². The van der Waals surface area contributed by atoms with Gasteiger partial charge in [0.05, 0.1) is 26.6 Å². The Hall–Kier alpha value is -0.690. The van der Waals surface area contributed by atoms with Gasteiger partial charge < -0.3 is 4.52 Å². The number of rotatable bonds is 2. The predicted octanol–water partition coefficient (Wildman–Crippen LogP) is 5.90.